The molecule has 1 aromatic carbocycles. The van der Waals surface area contributed by atoms with E-state index >= 15 is 0 Å². The number of hydrogen-bond acceptors (Lipinski definition) is 4. The maximum Gasteiger partial charge on any atom is 0.190 e. The molecular formula is C19H34IN3O3. The maximum absolute atomic E-state index is 5.44. The number of aryl methyl sites for hydroxylation is 1. The van der Waals surface area contributed by atoms with Crippen LogP contribution in [-0.4, -0.2) is 60.1 Å². The SMILES string of the molecule is CN=C(NCCCCOCCOC)NCCc1ccc(C)c(OC)c1.I. The van der Waals surface area contributed by atoms with Gasteiger partial charge in [0.25, 0.3) is 0 Å². The third kappa shape index (κ3) is 10.8. The van der Waals surface area contributed by atoms with Crippen molar-refractivity contribution in [2.75, 3.05) is 54.2 Å². The molecule has 0 spiro atoms. The first kappa shape index (κ1) is 24.9. The molecule has 7 heteroatoms. The van der Waals surface area contributed by atoms with Crippen LogP contribution < -0.4 is 15.4 Å². The number of ether oxygens (including phenoxy) is 3. The Morgan fingerprint density at radius 3 is 2.50 bits per heavy atom. The van der Waals surface area contributed by atoms with Gasteiger partial charge in [-0.2, -0.15) is 0 Å². The Bertz CT molecular complexity index is 513. The number of aliphatic imine (C=N–C) groups is 1. The van der Waals surface area contributed by atoms with Crippen LogP contribution in [0.3, 0.4) is 0 Å². The highest BCUT2D eigenvalue weighted by Crippen LogP contribution is 2.18. The zero-order valence-electron chi connectivity index (χ0n) is 16.5. The van der Waals surface area contributed by atoms with Crippen LogP contribution in [0.1, 0.15) is 24.0 Å². The summed E-state index contributed by atoms with van der Waals surface area (Å²) in [6.07, 6.45) is 2.99. The second kappa shape index (κ2) is 16.1. The summed E-state index contributed by atoms with van der Waals surface area (Å²) in [7, 11) is 5.18. The highest BCUT2D eigenvalue weighted by molar-refractivity contribution is 14.0. The lowest BCUT2D eigenvalue weighted by Crippen LogP contribution is -2.38. The monoisotopic (exact) mass is 479 g/mol. The quantitative estimate of drug-likeness (QED) is 0.209. The summed E-state index contributed by atoms with van der Waals surface area (Å²) in [6, 6.07) is 6.33. The Morgan fingerprint density at radius 1 is 1.04 bits per heavy atom. The van der Waals surface area contributed by atoms with Gasteiger partial charge in [-0.3, -0.25) is 4.99 Å². The molecule has 0 aliphatic carbocycles. The van der Waals surface area contributed by atoms with Crippen molar-refractivity contribution in [1.82, 2.24) is 10.6 Å². The minimum Gasteiger partial charge on any atom is -0.496 e. The maximum atomic E-state index is 5.44. The summed E-state index contributed by atoms with van der Waals surface area (Å²) in [5.41, 5.74) is 2.40. The highest BCUT2D eigenvalue weighted by Gasteiger charge is 2.02. The summed E-state index contributed by atoms with van der Waals surface area (Å²) in [5.74, 6) is 1.77. The van der Waals surface area contributed by atoms with Gasteiger partial charge in [-0.25, -0.2) is 0 Å². The predicted molar refractivity (Wildman–Crippen MR) is 118 cm³/mol. The van der Waals surface area contributed by atoms with Gasteiger partial charge in [-0.05, 0) is 43.4 Å². The number of nitrogens with one attached hydrogen (secondary N) is 2. The van der Waals surface area contributed by atoms with Crippen LogP contribution in [0.15, 0.2) is 23.2 Å². The van der Waals surface area contributed by atoms with Crippen molar-refractivity contribution in [2.24, 2.45) is 4.99 Å². The van der Waals surface area contributed by atoms with Crippen molar-refractivity contribution in [3.63, 3.8) is 0 Å². The molecule has 0 aliphatic heterocycles. The zero-order chi connectivity index (χ0) is 18.3. The molecule has 0 bridgehead atoms. The first-order chi connectivity index (χ1) is 12.2. The van der Waals surface area contributed by atoms with E-state index in [1.165, 1.54) is 5.56 Å². The van der Waals surface area contributed by atoms with E-state index in [1.807, 2.05) is 0 Å². The molecular weight excluding hydrogens is 445 g/mol. The molecule has 2 N–H and O–H groups in total. The molecule has 0 fully saturated rings. The summed E-state index contributed by atoms with van der Waals surface area (Å²) in [6.45, 7) is 5.85. The fourth-order valence-corrected chi connectivity index (χ4v) is 2.35. The van der Waals surface area contributed by atoms with E-state index in [1.54, 1.807) is 21.3 Å². The molecule has 0 saturated carbocycles. The molecule has 0 aromatic heterocycles. The Balaban J connectivity index is 0.00000625. The summed E-state index contributed by atoms with van der Waals surface area (Å²) < 4.78 is 15.7. The molecule has 0 heterocycles. The third-order valence-electron chi connectivity index (χ3n) is 3.84. The number of guanidine groups is 1. The van der Waals surface area contributed by atoms with Gasteiger partial charge in [0.15, 0.2) is 5.96 Å². The molecule has 150 valence electrons. The van der Waals surface area contributed by atoms with Crippen LogP contribution in [0.4, 0.5) is 0 Å². The van der Waals surface area contributed by atoms with Gasteiger partial charge in [0, 0.05) is 33.9 Å². The van der Waals surface area contributed by atoms with Gasteiger partial charge < -0.3 is 24.8 Å². The van der Waals surface area contributed by atoms with Crippen LogP contribution in [0.25, 0.3) is 0 Å². The van der Waals surface area contributed by atoms with Gasteiger partial charge in [0.1, 0.15) is 5.75 Å². The Kier molecular flexibility index (Phi) is 15.5. The Labute approximate surface area is 175 Å². The predicted octanol–water partition coefficient (Wildman–Crippen LogP) is 2.77. The second-order valence-corrected chi connectivity index (χ2v) is 5.79. The van der Waals surface area contributed by atoms with E-state index < -0.39 is 0 Å². The van der Waals surface area contributed by atoms with Crippen molar-refractivity contribution < 1.29 is 14.2 Å². The minimum atomic E-state index is 0. The van der Waals surface area contributed by atoms with Crippen molar-refractivity contribution >= 4 is 29.9 Å². The second-order valence-electron chi connectivity index (χ2n) is 5.79. The van der Waals surface area contributed by atoms with Crippen molar-refractivity contribution in [3.8, 4) is 5.75 Å². The summed E-state index contributed by atoms with van der Waals surface area (Å²) >= 11 is 0. The van der Waals surface area contributed by atoms with Gasteiger partial charge in [-0.1, -0.05) is 12.1 Å². The fourth-order valence-electron chi connectivity index (χ4n) is 2.35. The lowest BCUT2D eigenvalue weighted by atomic mass is 10.1. The van der Waals surface area contributed by atoms with E-state index in [-0.39, 0.29) is 24.0 Å². The smallest absolute Gasteiger partial charge is 0.190 e. The van der Waals surface area contributed by atoms with Crippen molar-refractivity contribution in [2.45, 2.75) is 26.2 Å². The number of methoxy groups -OCH3 is 2. The lowest BCUT2D eigenvalue weighted by Gasteiger charge is -2.12. The number of benzene rings is 1. The summed E-state index contributed by atoms with van der Waals surface area (Å²) in [5, 5.41) is 6.66. The first-order valence-electron chi connectivity index (χ1n) is 8.86. The first-order valence-corrected chi connectivity index (χ1v) is 8.86. The average Bonchev–Trinajstić information content (AvgIpc) is 2.63. The molecule has 26 heavy (non-hydrogen) atoms. The molecule has 0 radical (unpaired) electrons. The minimum absolute atomic E-state index is 0. The topological polar surface area (TPSA) is 64.1 Å². The van der Waals surface area contributed by atoms with Crippen LogP contribution in [-0.2, 0) is 15.9 Å². The number of halogens is 1. The normalized spacial score (nSPS) is 11.0. The van der Waals surface area contributed by atoms with E-state index in [2.05, 4.69) is 40.7 Å². The standard InChI is InChI=1S/C19H33N3O3.HI/c1-16-7-8-17(15-18(16)24-4)9-11-22-19(20-2)21-10-5-6-12-25-14-13-23-3;/h7-8,15H,5-6,9-14H2,1-4H3,(H2,20,21,22);1H. The fraction of sp³-hybridized carbons (Fsp3) is 0.632. The van der Waals surface area contributed by atoms with E-state index in [0.717, 1.165) is 56.2 Å². The van der Waals surface area contributed by atoms with Crippen molar-refractivity contribution in [3.05, 3.63) is 29.3 Å². The Hall–Kier alpha value is -1.06. The van der Waals surface area contributed by atoms with Crippen molar-refractivity contribution in [1.29, 1.82) is 0 Å². The van der Waals surface area contributed by atoms with Crippen LogP contribution in [0, 0.1) is 6.92 Å². The number of hydrogen-bond donors (Lipinski definition) is 2. The number of unbranched alkanes of at least 4 members (excludes halogenated alkanes) is 1. The van der Waals surface area contributed by atoms with Crippen LogP contribution in [0.2, 0.25) is 0 Å². The third-order valence-corrected chi connectivity index (χ3v) is 3.84. The molecule has 0 aliphatic rings. The van der Waals surface area contributed by atoms with E-state index in [0.29, 0.717) is 13.2 Å². The lowest BCUT2D eigenvalue weighted by molar-refractivity contribution is 0.0689. The average molecular weight is 479 g/mol. The van der Waals surface area contributed by atoms with Gasteiger partial charge in [-0.15, -0.1) is 24.0 Å². The number of rotatable bonds is 12. The molecule has 6 nitrogen and oxygen atoms in total. The van der Waals surface area contributed by atoms with Crippen LogP contribution >= 0.6 is 24.0 Å². The van der Waals surface area contributed by atoms with Gasteiger partial charge in [0.05, 0.1) is 20.3 Å². The summed E-state index contributed by atoms with van der Waals surface area (Å²) in [4.78, 5) is 4.25. The van der Waals surface area contributed by atoms with Gasteiger partial charge >= 0.3 is 0 Å². The molecule has 0 amide bonds. The molecule has 0 unspecified atom stereocenters. The zero-order valence-corrected chi connectivity index (χ0v) is 18.8. The molecule has 1 aromatic rings. The van der Waals surface area contributed by atoms with E-state index in [4.69, 9.17) is 14.2 Å². The molecule has 1 rings (SSSR count). The Morgan fingerprint density at radius 2 is 1.81 bits per heavy atom. The molecule has 0 atom stereocenters. The van der Waals surface area contributed by atoms with Crippen LogP contribution in [0.5, 0.6) is 5.75 Å². The molecule has 0 saturated heterocycles. The number of nitrogens with zero attached hydrogens (tertiary/aromatic N) is 1. The van der Waals surface area contributed by atoms with Gasteiger partial charge in [0.2, 0.25) is 0 Å². The highest BCUT2D eigenvalue weighted by atomic mass is 127. The van der Waals surface area contributed by atoms with E-state index in [9.17, 15) is 0 Å². The largest absolute Gasteiger partial charge is 0.496 e.